The van der Waals surface area contributed by atoms with E-state index in [-0.39, 0.29) is 24.3 Å². The van der Waals surface area contributed by atoms with Crippen molar-refractivity contribution in [3.63, 3.8) is 0 Å². The average molecular weight is 329 g/mol. The summed E-state index contributed by atoms with van der Waals surface area (Å²) in [6.07, 6.45) is 6.70. The van der Waals surface area contributed by atoms with Crippen LogP contribution in [0.3, 0.4) is 0 Å². The van der Waals surface area contributed by atoms with Crippen LogP contribution in [0.15, 0.2) is 42.5 Å². The Balaban J connectivity index is 1.76. The van der Waals surface area contributed by atoms with Gasteiger partial charge in [-0.25, -0.2) is 0 Å². The summed E-state index contributed by atoms with van der Waals surface area (Å²) < 4.78 is 5.00. The first kappa shape index (κ1) is 17.9. The lowest BCUT2D eigenvalue weighted by Gasteiger charge is -2.16. The van der Waals surface area contributed by atoms with Gasteiger partial charge in [-0.2, -0.15) is 0 Å². The number of nitrogens with one attached hydrogen (secondary N) is 1. The molecule has 1 N–H and O–H groups in total. The van der Waals surface area contributed by atoms with Gasteiger partial charge < -0.3 is 10.1 Å². The van der Waals surface area contributed by atoms with Crippen molar-refractivity contribution >= 4 is 17.7 Å². The molecule has 2 atom stereocenters. The highest BCUT2D eigenvalue weighted by Gasteiger charge is 2.19. The molecule has 0 saturated heterocycles. The van der Waals surface area contributed by atoms with Crippen LogP contribution in [0.2, 0.25) is 0 Å². The maximum atomic E-state index is 11.9. The number of hydrogen-bond donors (Lipinski definition) is 1. The Morgan fingerprint density at radius 2 is 2.00 bits per heavy atom. The molecular formula is C19H23NO4. The first-order valence-corrected chi connectivity index (χ1v) is 8.20. The van der Waals surface area contributed by atoms with E-state index in [2.05, 4.69) is 5.32 Å². The Morgan fingerprint density at radius 3 is 2.62 bits per heavy atom. The quantitative estimate of drug-likeness (QED) is 0.586. The minimum absolute atomic E-state index is 0.130. The molecule has 0 heterocycles. The molecule has 0 aromatic heterocycles. The fraction of sp³-hybridized carbons (Fsp3) is 0.421. The van der Waals surface area contributed by atoms with Gasteiger partial charge in [-0.1, -0.05) is 42.5 Å². The van der Waals surface area contributed by atoms with Gasteiger partial charge in [0.25, 0.3) is 5.91 Å². The molecule has 1 amide bonds. The molecule has 1 aromatic carbocycles. The third-order valence-electron chi connectivity index (χ3n) is 4.01. The van der Waals surface area contributed by atoms with Crippen LogP contribution in [-0.4, -0.2) is 30.3 Å². The topological polar surface area (TPSA) is 72.5 Å². The monoisotopic (exact) mass is 329 g/mol. The minimum atomic E-state index is -0.614. The van der Waals surface area contributed by atoms with Gasteiger partial charge in [0, 0.05) is 0 Å². The molecule has 0 unspecified atom stereocenters. The second kappa shape index (κ2) is 9.01. The smallest absolute Gasteiger partial charge is 0.306 e. The van der Waals surface area contributed by atoms with E-state index in [0.717, 1.165) is 18.4 Å². The third kappa shape index (κ3) is 5.99. The zero-order chi connectivity index (χ0) is 17.4. The molecule has 0 saturated carbocycles. The van der Waals surface area contributed by atoms with E-state index in [0.29, 0.717) is 12.8 Å². The van der Waals surface area contributed by atoms with E-state index in [1.807, 2.05) is 42.5 Å². The molecule has 2 rings (SSSR count). The van der Waals surface area contributed by atoms with Crippen LogP contribution in [0.25, 0.3) is 0 Å². The standard InChI is InChI=1S/C19H23NO4/c1-14(21)17(11-15-7-3-2-4-8-15)20-18(22)13-24-19(23)12-16-9-5-6-10-16/h2-5,7-9,16-17H,6,10-13H2,1H3,(H,20,22)/t16-,17-/m1/s1. The number of ether oxygens (including phenoxy) is 1. The van der Waals surface area contributed by atoms with E-state index in [1.165, 1.54) is 6.92 Å². The fourth-order valence-corrected chi connectivity index (χ4v) is 2.67. The molecule has 5 heteroatoms. The summed E-state index contributed by atoms with van der Waals surface area (Å²) in [4.78, 5) is 35.4. The maximum Gasteiger partial charge on any atom is 0.306 e. The molecule has 1 aliphatic carbocycles. The van der Waals surface area contributed by atoms with Gasteiger partial charge in [-0.15, -0.1) is 0 Å². The van der Waals surface area contributed by atoms with Crippen molar-refractivity contribution in [2.24, 2.45) is 5.92 Å². The number of hydrogen-bond acceptors (Lipinski definition) is 4. The van der Waals surface area contributed by atoms with Crippen LogP contribution in [0.1, 0.15) is 31.7 Å². The average Bonchev–Trinajstić information content (AvgIpc) is 3.06. The second-order valence-electron chi connectivity index (χ2n) is 6.05. The summed E-state index contributed by atoms with van der Waals surface area (Å²) in [6.45, 7) is 1.08. The van der Waals surface area contributed by atoms with Crippen molar-refractivity contribution in [2.45, 2.75) is 38.6 Å². The van der Waals surface area contributed by atoms with Crippen LogP contribution >= 0.6 is 0 Å². The number of rotatable bonds is 8. The van der Waals surface area contributed by atoms with E-state index in [4.69, 9.17) is 4.74 Å². The van der Waals surface area contributed by atoms with Gasteiger partial charge in [0.1, 0.15) is 0 Å². The predicted molar refractivity (Wildman–Crippen MR) is 90.2 cm³/mol. The number of allylic oxidation sites excluding steroid dienone is 2. The lowest BCUT2D eigenvalue weighted by molar-refractivity contribution is -0.149. The number of benzene rings is 1. The van der Waals surface area contributed by atoms with Crippen molar-refractivity contribution in [2.75, 3.05) is 6.61 Å². The molecule has 0 bridgehead atoms. The molecule has 24 heavy (non-hydrogen) atoms. The molecule has 0 radical (unpaired) electrons. The highest BCUT2D eigenvalue weighted by Crippen LogP contribution is 2.20. The number of esters is 1. The Kier molecular flexibility index (Phi) is 6.73. The zero-order valence-corrected chi connectivity index (χ0v) is 13.9. The number of carbonyl (C=O) groups excluding carboxylic acids is 3. The summed E-state index contributed by atoms with van der Waals surface area (Å²) in [5, 5.41) is 2.63. The fourth-order valence-electron chi connectivity index (χ4n) is 2.67. The zero-order valence-electron chi connectivity index (χ0n) is 13.9. The van der Waals surface area contributed by atoms with Crippen LogP contribution in [-0.2, 0) is 25.5 Å². The molecular weight excluding hydrogens is 306 g/mol. The SMILES string of the molecule is CC(=O)[C@@H](Cc1ccccc1)NC(=O)COC(=O)C[C@@H]1C=CCC1. The van der Waals surface area contributed by atoms with Crippen LogP contribution in [0.5, 0.6) is 0 Å². The normalized spacial score (nSPS) is 17.3. The van der Waals surface area contributed by atoms with Crippen molar-refractivity contribution in [1.29, 1.82) is 0 Å². The molecule has 5 nitrogen and oxygen atoms in total. The van der Waals surface area contributed by atoms with E-state index in [1.54, 1.807) is 0 Å². The van der Waals surface area contributed by atoms with Gasteiger partial charge in [0.2, 0.25) is 0 Å². The highest BCUT2D eigenvalue weighted by atomic mass is 16.5. The Hall–Kier alpha value is -2.43. The van der Waals surface area contributed by atoms with Gasteiger partial charge in [-0.3, -0.25) is 14.4 Å². The lowest BCUT2D eigenvalue weighted by Crippen LogP contribution is -2.43. The highest BCUT2D eigenvalue weighted by molar-refractivity contribution is 5.88. The summed E-state index contributed by atoms with van der Waals surface area (Å²) in [5.74, 6) is -0.760. The summed E-state index contributed by atoms with van der Waals surface area (Å²) in [5.41, 5.74) is 0.961. The minimum Gasteiger partial charge on any atom is -0.456 e. The van der Waals surface area contributed by atoms with E-state index < -0.39 is 11.9 Å². The number of ketones is 1. The molecule has 1 aliphatic rings. The Morgan fingerprint density at radius 1 is 1.25 bits per heavy atom. The van der Waals surface area contributed by atoms with Crippen molar-refractivity contribution in [3.05, 3.63) is 48.0 Å². The summed E-state index contributed by atoms with van der Waals surface area (Å²) in [7, 11) is 0. The molecule has 0 spiro atoms. The van der Waals surface area contributed by atoms with Crippen LogP contribution < -0.4 is 5.32 Å². The molecule has 0 aliphatic heterocycles. The second-order valence-corrected chi connectivity index (χ2v) is 6.05. The van der Waals surface area contributed by atoms with Gasteiger partial charge in [-0.05, 0) is 37.7 Å². The van der Waals surface area contributed by atoms with Crippen LogP contribution in [0, 0.1) is 5.92 Å². The summed E-state index contributed by atoms with van der Waals surface area (Å²) >= 11 is 0. The van der Waals surface area contributed by atoms with Crippen molar-refractivity contribution in [3.8, 4) is 0 Å². The van der Waals surface area contributed by atoms with Gasteiger partial charge >= 0.3 is 5.97 Å². The number of Topliss-reactive ketones (excluding diaryl/α,β-unsaturated/α-hetero) is 1. The predicted octanol–water partition coefficient (Wildman–Crippen LogP) is 2.20. The molecule has 1 aromatic rings. The van der Waals surface area contributed by atoms with Gasteiger partial charge in [0.05, 0.1) is 12.5 Å². The maximum absolute atomic E-state index is 11.9. The van der Waals surface area contributed by atoms with E-state index in [9.17, 15) is 14.4 Å². The van der Waals surface area contributed by atoms with Crippen molar-refractivity contribution < 1.29 is 19.1 Å². The van der Waals surface area contributed by atoms with Gasteiger partial charge in [0.15, 0.2) is 12.4 Å². The Labute approximate surface area is 142 Å². The van der Waals surface area contributed by atoms with Crippen molar-refractivity contribution in [1.82, 2.24) is 5.32 Å². The first-order valence-electron chi connectivity index (χ1n) is 8.20. The molecule has 0 fully saturated rings. The third-order valence-corrected chi connectivity index (χ3v) is 4.01. The first-order chi connectivity index (χ1) is 11.5. The molecule has 128 valence electrons. The summed E-state index contributed by atoms with van der Waals surface area (Å²) in [6, 6.07) is 8.84. The number of carbonyl (C=O) groups is 3. The van der Waals surface area contributed by atoms with E-state index >= 15 is 0 Å². The number of amides is 1. The Bertz CT molecular complexity index is 609. The lowest BCUT2D eigenvalue weighted by atomic mass is 10.0. The van der Waals surface area contributed by atoms with Crippen LogP contribution in [0.4, 0.5) is 0 Å². The largest absolute Gasteiger partial charge is 0.456 e.